The number of benzene rings is 1. The maximum atomic E-state index is 12.1. The summed E-state index contributed by atoms with van der Waals surface area (Å²) in [6.45, 7) is 6.13. The van der Waals surface area contributed by atoms with Gasteiger partial charge >= 0.3 is 5.97 Å². The van der Waals surface area contributed by atoms with Gasteiger partial charge in [-0.15, -0.1) is 0 Å². The molecule has 1 heterocycles. The summed E-state index contributed by atoms with van der Waals surface area (Å²) < 4.78 is 5.10. The van der Waals surface area contributed by atoms with Gasteiger partial charge in [-0.1, -0.05) is 35.4 Å². The van der Waals surface area contributed by atoms with Gasteiger partial charge in [-0.3, -0.25) is 4.90 Å². The first-order valence-electron chi connectivity index (χ1n) is 6.68. The quantitative estimate of drug-likeness (QED) is 0.626. The minimum Gasteiger partial charge on any atom is -0.464 e. The predicted molar refractivity (Wildman–Crippen MR) is 75.7 cm³/mol. The Labute approximate surface area is 119 Å². The van der Waals surface area contributed by atoms with E-state index in [1.54, 1.807) is 13.1 Å². The molecule has 2 atom stereocenters. The van der Waals surface area contributed by atoms with Crippen LogP contribution in [-0.2, 0) is 9.53 Å². The zero-order chi connectivity index (χ0) is 14.7. The number of nitriles is 1. The van der Waals surface area contributed by atoms with Crippen molar-refractivity contribution >= 4 is 5.97 Å². The molecule has 1 aliphatic rings. The minimum atomic E-state index is -0.596. The summed E-state index contributed by atoms with van der Waals surface area (Å²) in [5.41, 5.74) is 3.33. The number of hydrogen-bond donors (Lipinski definition) is 0. The molecule has 0 aromatic heterocycles. The van der Waals surface area contributed by atoms with E-state index in [-0.39, 0.29) is 11.9 Å². The molecule has 0 N–H and O–H groups in total. The standard InChI is InChI=1S/C16H18N2O2/c1-4-20-16(19)15-14(5-6-18(15)10-17)13-8-11(2)7-12(3)9-13/h5-9,14-15H,4H2,1-3H3. The zero-order valence-electron chi connectivity index (χ0n) is 12.0. The van der Waals surface area contributed by atoms with Crippen molar-refractivity contribution in [3.05, 3.63) is 47.2 Å². The van der Waals surface area contributed by atoms with Crippen molar-refractivity contribution in [2.24, 2.45) is 0 Å². The molecule has 4 nitrogen and oxygen atoms in total. The molecule has 0 aliphatic carbocycles. The monoisotopic (exact) mass is 270 g/mol. The van der Waals surface area contributed by atoms with Crippen LogP contribution in [0.15, 0.2) is 30.5 Å². The molecule has 0 radical (unpaired) electrons. The fourth-order valence-corrected chi connectivity index (χ4v) is 2.64. The van der Waals surface area contributed by atoms with Gasteiger partial charge in [-0.25, -0.2) is 4.79 Å². The summed E-state index contributed by atoms with van der Waals surface area (Å²) >= 11 is 0. The van der Waals surface area contributed by atoms with E-state index in [2.05, 4.69) is 18.2 Å². The van der Waals surface area contributed by atoms with Gasteiger partial charge in [0.15, 0.2) is 12.2 Å². The number of hydrogen-bond acceptors (Lipinski definition) is 4. The molecular weight excluding hydrogens is 252 g/mol. The Morgan fingerprint density at radius 3 is 2.55 bits per heavy atom. The van der Waals surface area contributed by atoms with Crippen LogP contribution in [0, 0.1) is 25.3 Å². The van der Waals surface area contributed by atoms with Crippen molar-refractivity contribution in [2.75, 3.05) is 6.61 Å². The lowest BCUT2D eigenvalue weighted by Gasteiger charge is -2.23. The molecule has 1 aromatic carbocycles. The fraction of sp³-hybridized carbons (Fsp3) is 0.375. The first-order valence-corrected chi connectivity index (χ1v) is 6.68. The summed E-state index contributed by atoms with van der Waals surface area (Å²) in [4.78, 5) is 13.5. The van der Waals surface area contributed by atoms with E-state index in [4.69, 9.17) is 10.00 Å². The van der Waals surface area contributed by atoms with Crippen LogP contribution in [0.1, 0.15) is 29.5 Å². The normalized spacial score (nSPS) is 20.8. The molecule has 104 valence electrons. The van der Waals surface area contributed by atoms with Gasteiger partial charge in [-0.05, 0) is 26.3 Å². The van der Waals surface area contributed by atoms with E-state index >= 15 is 0 Å². The van der Waals surface area contributed by atoms with Crippen LogP contribution in [0.3, 0.4) is 0 Å². The molecule has 4 heteroatoms. The van der Waals surface area contributed by atoms with E-state index in [0.717, 1.165) is 16.7 Å². The Hall–Kier alpha value is -2.28. The number of aryl methyl sites for hydroxylation is 2. The summed E-state index contributed by atoms with van der Waals surface area (Å²) in [6, 6.07) is 5.59. The Kier molecular flexibility index (Phi) is 4.09. The highest BCUT2D eigenvalue weighted by Gasteiger charge is 2.37. The average Bonchev–Trinajstić information content (AvgIpc) is 2.81. The number of carbonyl (C=O) groups excluding carboxylic acids is 1. The minimum absolute atomic E-state index is 0.146. The SMILES string of the molecule is CCOC(=O)C1C(c2cc(C)cc(C)c2)C=CN1C#N. The number of rotatable bonds is 3. The lowest BCUT2D eigenvalue weighted by molar-refractivity contribution is -0.147. The maximum absolute atomic E-state index is 12.1. The van der Waals surface area contributed by atoms with Crippen LogP contribution in [0.2, 0.25) is 0 Å². The van der Waals surface area contributed by atoms with Crippen LogP contribution < -0.4 is 0 Å². The summed E-state index contributed by atoms with van der Waals surface area (Å²) in [5.74, 6) is -0.504. The topological polar surface area (TPSA) is 53.3 Å². The summed E-state index contributed by atoms with van der Waals surface area (Å²) in [7, 11) is 0. The largest absolute Gasteiger partial charge is 0.464 e. The Morgan fingerprint density at radius 2 is 2.00 bits per heavy atom. The second-order valence-corrected chi connectivity index (χ2v) is 4.99. The summed E-state index contributed by atoms with van der Waals surface area (Å²) in [5, 5.41) is 9.14. The van der Waals surface area contributed by atoms with Gasteiger partial charge in [0.05, 0.1) is 6.61 Å². The van der Waals surface area contributed by atoms with Crippen molar-refractivity contribution < 1.29 is 9.53 Å². The first-order chi connectivity index (χ1) is 9.56. The van der Waals surface area contributed by atoms with Gasteiger partial charge < -0.3 is 4.74 Å². The van der Waals surface area contributed by atoms with Crippen LogP contribution in [0.25, 0.3) is 0 Å². The molecule has 1 aliphatic heterocycles. The number of ether oxygens (including phenoxy) is 1. The van der Waals surface area contributed by atoms with E-state index in [1.807, 2.05) is 26.1 Å². The van der Waals surface area contributed by atoms with Crippen molar-refractivity contribution in [3.63, 3.8) is 0 Å². The molecule has 2 rings (SSSR count). The lowest BCUT2D eigenvalue weighted by atomic mass is 9.91. The van der Waals surface area contributed by atoms with Gasteiger partial charge in [0, 0.05) is 12.1 Å². The van der Waals surface area contributed by atoms with E-state index < -0.39 is 6.04 Å². The van der Waals surface area contributed by atoms with E-state index in [9.17, 15) is 4.79 Å². The highest BCUT2D eigenvalue weighted by molar-refractivity contribution is 5.79. The van der Waals surface area contributed by atoms with E-state index in [0.29, 0.717) is 6.61 Å². The Morgan fingerprint density at radius 1 is 1.35 bits per heavy atom. The Bertz CT molecular complexity index is 566. The molecule has 0 spiro atoms. The zero-order valence-corrected chi connectivity index (χ0v) is 12.0. The molecule has 1 aromatic rings. The third kappa shape index (κ3) is 2.67. The molecular formula is C16H18N2O2. The van der Waals surface area contributed by atoms with Crippen molar-refractivity contribution in [1.82, 2.24) is 4.90 Å². The molecule has 2 unspecified atom stereocenters. The van der Waals surface area contributed by atoms with Crippen LogP contribution in [-0.4, -0.2) is 23.5 Å². The van der Waals surface area contributed by atoms with Crippen molar-refractivity contribution in [1.29, 1.82) is 5.26 Å². The lowest BCUT2D eigenvalue weighted by Crippen LogP contribution is -2.37. The van der Waals surface area contributed by atoms with Gasteiger partial charge in [-0.2, -0.15) is 5.26 Å². The number of esters is 1. The average molecular weight is 270 g/mol. The second kappa shape index (κ2) is 5.79. The fourth-order valence-electron chi connectivity index (χ4n) is 2.64. The maximum Gasteiger partial charge on any atom is 0.330 e. The van der Waals surface area contributed by atoms with Crippen LogP contribution >= 0.6 is 0 Å². The van der Waals surface area contributed by atoms with E-state index in [1.165, 1.54) is 4.90 Å². The van der Waals surface area contributed by atoms with Gasteiger partial charge in [0.2, 0.25) is 0 Å². The van der Waals surface area contributed by atoms with Crippen molar-refractivity contribution in [2.45, 2.75) is 32.7 Å². The predicted octanol–water partition coefficient (Wildman–Crippen LogP) is 2.63. The Balaban J connectivity index is 2.36. The molecule has 0 amide bonds. The van der Waals surface area contributed by atoms with Crippen LogP contribution in [0.4, 0.5) is 0 Å². The molecule has 20 heavy (non-hydrogen) atoms. The molecule has 0 saturated heterocycles. The molecule has 0 saturated carbocycles. The smallest absolute Gasteiger partial charge is 0.330 e. The first kappa shape index (κ1) is 14.1. The summed E-state index contributed by atoms with van der Waals surface area (Å²) in [6.07, 6.45) is 5.57. The molecule has 0 bridgehead atoms. The van der Waals surface area contributed by atoms with Crippen molar-refractivity contribution in [3.8, 4) is 6.19 Å². The third-order valence-corrected chi connectivity index (χ3v) is 3.37. The number of nitrogens with zero attached hydrogens (tertiary/aromatic N) is 2. The van der Waals surface area contributed by atoms with Gasteiger partial charge in [0.1, 0.15) is 0 Å². The van der Waals surface area contributed by atoms with Gasteiger partial charge in [0.25, 0.3) is 0 Å². The molecule has 0 fully saturated rings. The van der Waals surface area contributed by atoms with Crippen LogP contribution in [0.5, 0.6) is 0 Å². The second-order valence-electron chi connectivity index (χ2n) is 4.99. The highest BCUT2D eigenvalue weighted by Crippen LogP contribution is 2.32. The number of carbonyl (C=O) groups is 1. The highest BCUT2D eigenvalue weighted by atomic mass is 16.5. The third-order valence-electron chi connectivity index (χ3n) is 3.37.